The molecule has 0 radical (unpaired) electrons. The topological polar surface area (TPSA) is 12.9 Å². The van der Waals surface area contributed by atoms with E-state index in [1.807, 2.05) is 39.1 Å². The van der Waals surface area contributed by atoms with Crippen LogP contribution in [0.5, 0.6) is 0 Å². The van der Waals surface area contributed by atoms with Gasteiger partial charge < -0.3 is 0 Å². The Bertz CT molecular complexity index is 1580. The van der Waals surface area contributed by atoms with Crippen LogP contribution in [0.4, 0.5) is 0 Å². The van der Waals surface area contributed by atoms with Crippen molar-refractivity contribution in [1.29, 1.82) is 0 Å². The van der Waals surface area contributed by atoms with Crippen molar-refractivity contribution in [2.24, 2.45) is 5.41 Å². The lowest BCUT2D eigenvalue weighted by molar-refractivity contribution is 0.411. The Kier molecular flexibility index (Phi) is 5.02. The van der Waals surface area contributed by atoms with E-state index in [1.54, 1.807) is 11.3 Å². The molecule has 3 aromatic carbocycles. The van der Waals surface area contributed by atoms with Crippen molar-refractivity contribution < 1.29 is 2.74 Å². The highest BCUT2D eigenvalue weighted by molar-refractivity contribution is 7.22. The number of hydrogen-bond acceptors (Lipinski definition) is 2. The standard InChI is InChI=1S/C32H33NS/c1-31(2,3)20-21-11-12-29-25(15-21)19-30(34-29)23-13-14-33-28(18-23)24-16-22-9-7-8-10-26(22)27(17-24)32(4,5)6/h7-19H,20H2,1-6H3/i20D2. The second-order valence-electron chi connectivity index (χ2n) is 11.2. The molecule has 2 heterocycles. The molecule has 0 unspecified atom stereocenters. The van der Waals surface area contributed by atoms with Gasteiger partial charge in [-0.15, -0.1) is 11.3 Å². The Labute approximate surface area is 210 Å². The molecule has 172 valence electrons. The largest absolute Gasteiger partial charge is 0.256 e. The minimum atomic E-state index is -1.41. The summed E-state index contributed by atoms with van der Waals surface area (Å²) in [6.07, 6.45) is 0.485. The van der Waals surface area contributed by atoms with Crippen molar-refractivity contribution in [3.63, 3.8) is 0 Å². The van der Waals surface area contributed by atoms with E-state index in [-0.39, 0.29) is 5.41 Å². The predicted molar refractivity (Wildman–Crippen MR) is 150 cm³/mol. The second-order valence-corrected chi connectivity index (χ2v) is 12.2. The summed E-state index contributed by atoms with van der Waals surface area (Å²) in [6.45, 7) is 12.6. The van der Waals surface area contributed by atoms with Gasteiger partial charge in [-0.25, -0.2) is 0 Å². The second kappa shape index (κ2) is 8.36. The van der Waals surface area contributed by atoms with Gasteiger partial charge in [0, 0.05) is 24.1 Å². The Morgan fingerprint density at radius 1 is 0.794 bits per heavy atom. The summed E-state index contributed by atoms with van der Waals surface area (Å²) in [4.78, 5) is 5.91. The zero-order valence-corrected chi connectivity index (χ0v) is 21.7. The molecule has 0 aliphatic heterocycles. The van der Waals surface area contributed by atoms with Crippen LogP contribution in [0.15, 0.2) is 79.0 Å². The van der Waals surface area contributed by atoms with Crippen molar-refractivity contribution in [2.45, 2.75) is 53.3 Å². The summed E-state index contributed by atoms with van der Waals surface area (Å²) in [5.74, 6) is 0. The zero-order valence-electron chi connectivity index (χ0n) is 22.9. The monoisotopic (exact) mass is 465 g/mol. The third kappa shape index (κ3) is 4.65. The summed E-state index contributed by atoms with van der Waals surface area (Å²) in [7, 11) is 0. The minimum absolute atomic E-state index is 0.0222. The average Bonchev–Trinajstić information content (AvgIpc) is 3.26. The molecule has 0 amide bonds. The minimum Gasteiger partial charge on any atom is -0.256 e. The van der Waals surface area contributed by atoms with Gasteiger partial charge in [-0.2, -0.15) is 0 Å². The van der Waals surface area contributed by atoms with E-state index < -0.39 is 11.8 Å². The molecule has 5 rings (SSSR count). The summed E-state index contributed by atoms with van der Waals surface area (Å²) < 4.78 is 18.5. The number of hydrogen-bond donors (Lipinski definition) is 0. The van der Waals surface area contributed by atoms with Crippen LogP contribution in [0.1, 0.15) is 55.4 Å². The fraction of sp³-hybridized carbons (Fsp3) is 0.281. The van der Waals surface area contributed by atoms with E-state index in [0.717, 1.165) is 32.5 Å². The molecule has 5 aromatic rings. The summed E-state index contributed by atoms with van der Waals surface area (Å²) in [6, 6.07) is 25.6. The zero-order chi connectivity index (χ0) is 25.9. The molecule has 0 aliphatic rings. The van der Waals surface area contributed by atoms with E-state index in [0.29, 0.717) is 0 Å². The maximum atomic E-state index is 8.67. The number of nitrogens with zero attached hydrogens (tertiary/aromatic N) is 1. The SMILES string of the molecule is [2H]C([2H])(c1ccc2sc(-c3ccnc(-c4cc(C(C)(C)C)c5ccccc5c4)c3)cc2c1)C(C)(C)C. The van der Waals surface area contributed by atoms with E-state index in [9.17, 15) is 0 Å². The number of aromatic nitrogens is 1. The van der Waals surface area contributed by atoms with Crippen molar-refractivity contribution in [2.75, 3.05) is 0 Å². The van der Waals surface area contributed by atoms with Gasteiger partial charge in [-0.1, -0.05) is 77.9 Å². The van der Waals surface area contributed by atoms with Crippen LogP contribution < -0.4 is 0 Å². The number of rotatable bonds is 3. The predicted octanol–water partition coefficient (Wildman–Crippen LogP) is 9.67. The van der Waals surface area contributed by atoms with Crippen LogP contribution >= 0.6 is 11.3 Å². The van der Waals surface area contributed by atoms with Gasteiger partial charge in [0.1, 0.15) is 0 Å². The highest BCUT2D eigenvalue weighted by atomic mass is 32.1. The molecular weight excluding hydrogens is 430 g/mol. The first kappa shape index (κ1) is 20.4. The first-order valence-electron chi connectivity index (χ1n) is 12.9. The third-order valence-electron chi connectivity index (χ3n) is 6.05. The van der Waals surface area contributed by atoms with Gasteiger partial charge in [-0.3, -0.25) is 4.98 Å². The molecule has 0 saturated carbocycles. The van der Waals surface area contributed by atoms with Crippen LogP contribution in [-0.2, 0) is 11.8 Å². The molecule has 0 bridgehead atoms. The van der Waals surface area contributed by atoms with Crippen molar-refractivity contribution in [3.8, 4) is 21.7 Å². The lowest BCUT2D eigenvalue weighted by atomic mass is 9.82. The van der Waals surface area contributed by atoms with E-state index in [2.05, 4.69) is 81.4 Å². The summed E-state index contributed by atoms with van der Waals surface area (Å²) in [5, 5.41) is 3.61. The molecule has 1 nitrogen and oxygen atoms in total. The molecule has 0 spiro atoms. The Hall–Kier alpha value is -2.97. The Balaban J connectivity index is 1.58. The fourth-order valence-corrected chi connectivity index (χ4v) is 5.56. The first-order valence-corrected chi connectivity index (χ1v) is 12.7. The normalized spacial score (nSPS) is 13.8. The van der Waals surface area contributed by atoms with Crippen molar-refractivity contribution in [1.82, 2.24) is 4.98 Å². The van der Waals surface area contributed by atoms with E-state index in [4.69, 9.17) is 7.73 Å². The van der Waals surface area contributed by atoms with Gasteiger partial charge in [0.15, 0.2) is 0 Å². The lowest BCUT2D eigenvalue weighted by Gasteiger charge is -2.22. The number of pyridine rings is 1. The van der Waals surface area contributed by atoms with Crippen LogP contribution in [0, 0.1) is 5.41 Å². The highest BCUT2D eigenvalue weighted by Crippen LogP contribution is 2.38. The average molecular weight is 466 g/mol. The lowest BCUT2D eigenvalue weighted by Crippen LogP contribution is -2.12. The molecule has 0 aliphatic carbocycles. The molecule has 0 N–H and O–H groups in total. The fourth-order valence-electron chi connectivity index (χ4n) is 4.52. The molecule has 2 heteroatoms. The molecule has 2 aromatic heterocycles. The van der Waals surface area contributed by atoms with Crippen LogP contribution in [0.25, 0.3) is 42.6 Å². The molecule has 0 fully saturated rings. The van der Waals surface area contributed by atoms with Crippen molar-refractivity contribution >= 4 is 32.2 Å². The third-order valence-corrected chi connectivity index (χ3v) is 7.21. The smallest absolute Gasteiger partial charge is 0.0708 e. The maximum Gasteiger partial charge on any atom is 0.0708 e. The number of fused-ring (bicyclic) bond motifs is 2. The van der Waals surface area contributed by atoms with E-state index in [1.165, 1.54) is 21.2 Å². The highest BCUT2D eigenvalue weighted by Gasteiger charge is 2.19. The quantitative estimate of drug-likeness (QED) is 0.258. The summed E-state index contributed by atoms with van der Waals surface area (Å²) >= 11 is 1.74. The molecular formula is C32H33NS. The number of benzene rings is 3. The van der Waals surface area contributed by atoms with Crippen molar-refractivity contribution in [3.05, 3.63) is 90.1 Å². The Morgan fingerprint density at radius 3 is 2.35 bits per heavy atom. The summed E-state index contributed by atoms with van der Waals surface area (Å²) in [5.41, 5.74) is 4.82. The maximum absolute atomic E-state index is 8.67. The first-order chi connectivity index (χ1) is 16.8. The van der Waals surface area contributed by atoms with Crippen LogP contribution in [0.2, 0.25) is 0 Å². The van der Waals surface area contributed by atoms with Gasteiger partial charge in [0.2, 0.25) is 0 Å². The van der Waals surface area contributed by atoms with Gasteiger partial charge >= 0.3 is 0 Å². The number of thiophene rings is 1. The van der Waals surface area contributed by atoms with Gasteiger partial charge in [-0.05, 0) is 86.5 Å². The molecule has 34 heavy (non-hydrogen) atoms. The molecule has 0 saturated heterocycles. The van der Waals surface area contributed by atoms with Crippen LogP contribution in [-0.4, -0.2) is 4.98 Å². The van der Waals surface area contributed by atoms with Crippen LogP contribution in [0.3, 0.4) is 0 Å². The van der Waals surface area contributed by atoms with Gasteiger partial charge in [0.05, 0.1) is 5.69 Å². The van der Waals surface area contributed by atoms with E-state index >= 15 is 0 Å². The van der Waals surface area contributed by atoms with Gasteiger partial charge in [0.25, 0.3) is 0 Å². The molecule has 0 atom stereocenters. The Morgan fingerprint density at radius 2 is 1.59 bits per heavy atom.